The molecule has 3 N–H and O–H groups in total. The number of hydrogen-bond donors (Lipinski definition) is 2. The minimum absolute atomic E-state index is 0.0462. The lowest BCUT2D eigenvalue weighted by atomic mass is 10.0. The molecule has 1 aliphatic rings. The second-order valence-corrected chi connectivity index (χ2v) is 3.18. The minimum Gasteiger partial charge on any atom is -0.326 e. The van der Waals surface area contributed by atoms with Gasteiger partial charge in [-0.25, -0.2) is 0 Å². The Morgan fingerprint density at radius 3 is 3.00 bits per heavy atom. The quantitative estimate of drug-likeness (QED) is 0.595. The van der Waals surface area contributed by atoms with Crippen molar-refractivity contribution in [3.63, 3.8) is 0 Å². The average Bonchev–Trinajstić information content (AvgIpc) is 2.04. The lowest BCUT2D eigenvalue weighted by molar-refractivity contribution is 0.238. The summed E-state index contributed by atoms with van der Waals surface area (Å²) in [5.41, 5.74) is 7.75. The molecule has 1 aliphatic heterocycles. The summed E-state index contributed by atoms with van der Waals surface area (Å²) >= 11 is 0. The lowest BCUT2D eigenvalue weighted by Crippen LogP contribution is -2.41. The molecule has 0 fully saturated rings. The van der Waals surface area contributed by atoms with Crippen LogP contribution in [0.25, 0.3) is 0 Å². The number of nitrogens with two attached hydrogens (primary N) is 1. The molecular formula is C9H12N2O. The lowest BCUT2D eigenvalue weighted by Gasteiger charge is -2.29. The Kier molecular flexibility index (Phi) is 1.75. The molecule has 0 aliphatic carbocycles. The van der Waals surface area contributed by atoms with Crippen molar-refractivity contribution in [1.29, 1.82) is 0 Å². The zero-order valence-electron chi connectivity index (χ0n) is 6.77. The van der Waals surface area contributed by atoms with Gasteiger partial charge in [0.05, 0.1) is 12.2 Å². The molecule has 12 heavy (non-hydrogen) atoms. The van der Waals surface area contributed by atoms with Gasteiger partial charge in [0.1, 0.15) is 0 Å². The SMILES string of the molecule is NC1Cc2ccccc2N(O)C1. The maximum absolute atomic E-state index is 9.49. The van der Waals surface area contributed by atoms with Gasteiger partial charge in [0.15, 0.2) is 0 Å². The number of anilines is 1. The molecule has 1 atom stereocenters. The van der Waals surface area contributed by atoms with Gasteiger partial charge >= 0.3 is 0 Å². The highest BCUT2D eigenvalue weighted by atomic mass is 16.5. The number of fused-ring (bicyclic) bond motifs is 1. The maximum atomic E-state index is 9.49. The Balaban J connectivity index is 2.40. The van der Waals surface area contributed by atoms with Gasteiger partial charge in [-0.2, -0.15) is 0 Å². The van der Waals surface area contributed by atoms with Crippen molar-refractivity contribution < 1.29 is 5.21 Å². The smallest absolute Gasteiger partial charge is 0.0667 e. The molecule has 3 nitrogen and oxygen atoms in total. The van der Waals surface area contributed by atoms with E-state index in [-0.39, 0.29) is 6.04 Å². The first kappa shape index (κ1) is 7.58. The Hall–Kier alpha value is -1.06. The number of hydroxylamine groups is 1. The number of benzene rings is 1. The summed E-state index contributed by atoms with van der Waals surface area (Å²) in [7, 11) is 0. The molecule has 0 radical (unpaired) electrons. The third-order valence-corrected chi connectivity index (χ3v) is 2.16. The van der Waals surface area contributed by atoms with Crippen molar-refractivity contribution in [3.8, 4) is 0 Å². The molecule has 0 saturated carbocycles. The van der Waals surface area contributed by atoms with E-state index in [9.17, 15) is 5.21 Å². The van der Waals surface area contributed by atoms with E-state index in [1.54, 1.807) is 0 Å². The summed E-state index contributed by atoms with van der Waals surface area (Å²) in [5.74, 6) is 0. The Bertz CT molecular complexity index is 288. The van der Waals surface area contributed by atoms with Crippen LogP contribution in [0.2, 0.25) is 0 Å². The summed E-state index contributed by atoms with van der Waals surface area (Å²) in [6.07, 6.45) is 0.854. The van der Waals surface area contributed by atoms with E-state index < -0.39 is 0 Å². The van der Waals surface area contributed by atoms with Crippen LogP contribution in [0.1, 0.15) is 5.56 Å². The second kappa shape index (κ2) is 2.77. The van der Waals surface area contributed by atoms with Crippen LogP contribution in [0.15, 0.2) is 24.3 Å². The van der Waals surface area contributed by atoms with Crippen LogP contribution in [-0.2, 0) is 6.42 Å². The predicted octanol–water partition coefficient (Wildman–Crippen LogP) is 0.766. The van der Waals surface area contributed by atoms with Crippen molar-refractivity contribution in [3.05, 3.63) is 29.8 Å². The van der Waals surface area contributed by atoms with Gasteiger partial charge < -0.3 is 5.73 Å². The molecule has 3 heteroatoms. The van der Waals surface area contributed by atoms with Crippen LogP contribution >= 0.6 is 0 Å². The van der Waals surface area contributed by atoms with E-state index in [1.165, 1.54) is 5.06 Å². The zero-order chi connectivity index (χ0) is 8.55. The van der Waals surface area contributed by atoms with Crippen LogP contribution in [-0.4, -0.2) is 17.8 Å². The zero-order valence-corrected chi connectivity index (χ0v) is 6.77. The molecule has 1 heterocycles. The van der Waals surface area contributed by atoms with Crippen LogP contribution in [0, 0.1) is 0 Å². The molecule has 1 aromatic carbocycles. The first-order chi connectivity index (χ1) is 5.77. The van der Waals surface area contributed by atoms with Crippen molar-refractivity contribution in [1.82, 2.24) is 0 Å². The number of para-hydroxylation sites is 1. The third kappa shape index (κ3) is 1.17. The average molecular weight is 164 g/mol. The van der Waals surface area contributed by atoms with E-state index in [1.807, 2.05) is 24.3 Å². The first-order valence-corrected chi connectivity index (χ1v) is 4.07. The van der Waals surface area contributed by atoms with Crippen molar-refractivity contribution in [2.75, 3.05) is 11.6 Å². The van der Waals surface area contributed by atoms with E-state index >= 15 is 0 Å². The largest absolute Gasteiger partial charge is 0.326 e. The minimum atomic E-state index is 0.0462. The molecular weight excluding hydrogens is 152 g/mol. The fraction of sp³-hybridized carbons (Fsp3) is 0.333. The van der Waals surface area contributed by atoms with E-state index in [0.717, 1.165) is 17.7 Å². The summed E-state index contributed by atoms with van der Waals surface area (Å²) in [5, 5.41) is 10.7. The van der Waals surface area contributed by atoms with Gasteiger partial charge in [0, 0.05) is 6.04 Å². The van der Waals surface area contributed by atoms with Gasteiger partial charge in [-0.1, -0.05) is 18.2 Å². The fourth-order valence-corrected chi connectivity index (χ4v) is 1.60. The first-order valence-electron chi connectivity index (χ1n) is 4.07. The molecule has 0 spiro atoms. The second-order valence-electron chi connectivity index (χ2n) is 3.18. The van der Waals surface area contributed by atoms with Gasteiger partial charge in [0.25, 0.3) is 0 Å². The van der Waals surface area contributed by atoms with Crippen LogP contribution in [0.5, 0.6) is 0 Å². The summed E-state index contributed by atoms with van der Waals surface area (Å²) in [6.45, 7) is 0.525. The summed E-state index contributed by atoms with van der Waals surface area (Å²) < 4.78 is 0. The molecule has 1 aromatic rings. The number of rotatable bonds is 0. The highest BCUT2D eigenvalue weighted by Gasteiger charge is 2.19. The van der Waals surface area contributed by atoms with E-state index in [2.05, 4.69) is 0 Å². The van der Waals surface area contributed by atoms with Crippen LogP contribution in [0.3, 0.4) is 0 Å². The highest BCUT2D eigenvalue weighted by molar-refractivity contribution is 5.53. The molecule has 1 unspecified atom stereocenters. The van der Waals surface area contributed by atoms with Crippen molar-refractivity contribution >= 4 is 5.69 Å². The molecule has 0 amide bonds. The normalized spacial score (nSPS) is 22.2. The molecule has 64 valence electrons. The van der Waals surface area contributed by atoms with E-state index in [0.29, 0.717) is 6.54 Å². The van der Waals surface area contributed by atoms with Gasteiger partial charge in [-0.15, -0.1) is 0 Å². The predicted molar refractivity (Wildman–Crippen MR) is 47.3 cm³/mol. The molecule has 0 aromatic heterocycles. The van der Waals surface area contributed by atoms with Gasteiger partial charge in [-0.3, -0.25) is 10.3 Å². The molecule has 2 rings (SSSR count). The molecule has 0 saturated heterocycles. The van der Waals surface area contributed by atoms with Gasteiger partial charge in [0.2, 0.25) is 0 Å². The van der Waals surface area contributed by atoms with Gasteiger partial charge in [-0.05, 0) is 18.1 Å². The fourth-order valence-electron chi connectivity index (χ4n) is 1.60. The monoisotopic (exact) mass is 164 g/mol. The third-order valence-electron chi connectivity index (χ3n) is 2.16. The number of hydrogen-bond acceptors (Lipinski definition) is 3. The Morgan fingerprint density at radius 1 is 1.42 bits per heavy atom. The maximum Gasteiger partial charge on any atom is 0.0667 e. The Morgan fingerprint density at radius 2 is 2.17 bits per heavy atom. The molecule has 0 bridgehead atoms. The number of nitrogens with zero attached hydrogens (tertiary/aromatic N) is 1. The topological polar surface area (TPSA) is 49.5 Å². The highest BCUT2D eigenvalue weighted by Crippen LogP contribution is 2.24. The van der Waals surface area contributed by atoms with E-state index in [4.69, 9.17) is 5.73 Å². The Labute approximate surface area is 71.4 Å². The summed E-state index contributed by atoms with van der Waals surface area (Å²) in [4.78, 5) is 0. The van der Waals surface area contributed by atoms with Crippen molar-refractivity contribution in [2.24, 2.45) is 5.73 Å². The van der Waals surface area contributed by atoms with Crippen LogP contribution < -0.4 is 10.8 Å². The van der Waals surface area contributed by atoms with Crippen molar-refractivity contribution in [2.45, 2.75) is 12.5 Å². The summed E-state index contributed by atoms with van der Waals surface area (Å²) in [6, 6.07) is 7.83. The van der Waals surface area contributed by atoms with Crippen LogP contribution in [0.4, 0.5) is 5.69 Å². The standard InChI is InChI=1S/C9H12N2O/c10-8-5-7-3-1-2-4-9(7)11(12)6-8/h1-4,8,12H,5-6,10H2.